The number of benzene rings is 1. The van der Waals surface area contributed by atoms with Crippen LogP contribution < -0.4 is 11.1 Å². The Morgan fingerprint density at radius 1 is 1.38 bits per heavy atom. The number of hydrogen-bond donors (Lipinski definition) is 3. The third kappa shape index (κ3) is 3.57. The number of hydrogen-bond acceptors (Lipinski definition) is 5. The smallest absolute Gasteiger partial charge is 0.263 e. The number of amides is 1. The number of nitrogens with one attached hydrogen (secondary N) is 1. The van der Waals surface area contributed by atoms with E-state index in [-0.39, 0.29) is 11.7 Å². The molecule has 2 rings (SSSR count). The highest BCUT2D eigenvalue weighted by atomic mass is 32.1. The summed E-state index contributed by atoms with van der Waals surface area (Å²) in [6.45, 7) is 4.11. The van der Waals surface area contributed by atoms with Crippen molar-refractivity contribution in [2.75, 3.05) is 0 Å². The minimum Gasteiger partial charge on any atom is -0.409 e. The summed E-state index contributed by atoms with van der Waals surface area (Å²) >= 11 is 1.38. The fraction of sp³-hybridized carbons (Fsp3) is 0.214. The first-order valence-corrected chi connectivity index (χ1v) is 7.12. The van der Waals surface area contributed by atoms with E-state index in [0.717, 1.165) is 16.3 Å². The summed E-state index contributed by atoms with van der Waals surface area (Å²) in [5.41, 5.74) is 7.79. The van der Waals surface area contributed by atoms with Crippen LogP contribution in [0.25, 0.3) is 0 Å². The molecular formula is C14H16N4O2S. The largest absolute Gasteiger partial charge is 0.409 e. The number of amidine groups is 1. The van der Waals surface area contributed by atoms with Crippen molar-refractivity contribution in [3.63, 3.8) is 0 Å². The van der Waals surface area contributed by atoms with Crippen LogP contribution in [0.15, 0.2) is 29.4 Å². The summed E-state index contributed by atoms with van der Waals surface area (Å²) < 4.78 is 0. The summed E-state index contributed by atoms with van der Waals surface area (Å²) in [5, 5.41) is 15.3. The Hall–Kier alpha value is -2.41. The van der Waals surface area contributed by atoms with E-state index in [4.69, 9.17) is 10.9 Å². The molecule has 1 amide bonds. The Labute approximate surface area is 126 Å². The molecule has 7 heteroatoms. The second-order valence-electron chi connectivity index (χ2n) is 4.51. The van der Waals surface area contributed by atoms with Gasteiger partial charge in [-0.25, -0.2) is 4.98 Å². The summed E-state index contributed by atoms with van der Waals surface area (Å²) in [6.07, 6.45) is 0. The maximum atomic E-state index is 12.1. The van der Waals surface area contributed by atoms with Gasteiger partial charge in [-0.05, 0) is 19.4 Å². The number of aromatic nitrogens is 1. The van der Waals surface area contributed by atoms with Gasteiger partial charge in [0.05, 0.1) is 10.7 Å². The molecular weight excluding hydrogens is 288 g/mol. The quantitative estimate of drug-likeness (QED) is 0.347. The average Bonchev–Trinajstić information content (AvgIpc) is 2.83. The number of rotatable bonds is 4. The molecule has 6 nitrogen and oxygen atoms in total. The molecule has 0 unspecified atom stereocenters. The fourth-order valence-electron chi connectivity index (χ4n) is 1.86. The Morgan fingerprint density at radius 3 is 2.57 bits per heavy atom. The topological polar surface area (TPSA) is 101 Å². The van der Waals surface area contributed by atoms with Gasteiger partial charge in [-0.15, -0.1) is 11.3 Å². The van der Waals surface area contributed by atoms with Crippen LogP contribution >= 0.6 is 11.3 Å². The van der Waals surface area contributed by atoms with Gasteiger partial charge in [0, 0.05) is 12.1 Å². The minimum absolute atomic E-state index is 0.0568. The van der Waals surface area contributed by atoms with Gasteiger partial charge in [0.2, 0.25) is 0 Å². The monoisotopic (exact) mass is 304 g/mol. The molecule has 0 bridgehead atoms. The number of nitrogens with zero attached hydrogens (tertiary/aromatic N) is 2. The molecule has 0 aliphatic rings. The normalized spacial score (nSPS) is 11.4. The Morgan fingerprint density at radius 2 is 2.05 bits per heavy atom. The van der Waals surface area contributed by atoms with Gasteiger partial charge < -0.3 is 16.3 Å². The molecule has 0 radical (unpaired) electrons. The van der Waals surface area contributed by atoms with Crippen LogP contribution in [0.2, 0.25) is 0 Å². The highest BCUT2D eigenvalue weighted by Gasteiger charge is 2.13. The SMILES string of the molecule is Cc1nc(C)c(C(=O)NCc2ccc(/C(N)=N/O)cc2)s1. The molecule has 4 N–H and O–H groups in total. The van der Waals surface area contributed by atoms with E-state index in [1.54, 1.807) is 12.1 Å². The van der Waals surface area contributed by atoms with Gasteiger partial charge in [0.25, 0.3) is 5.91 Å². The number of carbonyl (C=O) groups excluding carboxylic acids is 1. The van der Waals surface area contributed by atoms with Crippen molar-refractivity contribution in [2.45, 2.75) is 20.4 Å². The Balaban J connectivity index is 2.00. The van der Waals surface area contributed by atoms with E-state index >= 15 is 0 Å². The van der Waals surface area contributed by atoms with E-state index < -0.39 is 0 Å². The second kappa shape index (κ2) is 6.36. The zero-order valence-electron chi connectivity index (χ0n) is 11.8. The lowest BCUT2D eigenvalue weighted by Crippen LogP contribution is -2.22. The first-order valence-electron chi connectivity index (χ1n) is 6.30. The average molecular weight is 304 g/mol. The molecule has 0 saturated carbocycles. The predicted molar refractivity (Wildman–Crippen MR) is 81.7 cm³/mol. The Bertz CT molecular complexity index is 677. The van der Waals surface area contributed by atoms with Crippen LogP contribution in [-0.2, 0) is 6.54 Å². The highest BCUT2D eigenvalue weighted by Crippen LogP contribution is 2.17. The summed E-state index contributed by atoms with van der Waals surface area (Å²) in [7, 11) is 0. The van der Waals surface area contributed by atoms with E-state index in [1.165, 1.54) is 11.3 Å². The zero-order valence-corrected chi connectivity index (χ0v) is 12.6. The molecule has 0 aliphatic heterocycles. The summed E-state index contributed by atoms with van der Waals surface area (Å²) in [4.78, 5) is 16.9. The van der Waals surface area contributed by atoms with E-state index in [1.807, 2.05) is 26.0 Å². The number of aryl methyl sites for hydroxylation is 2. The van der Waals surface area contributed by atoms with Crippen molar-refractivity contribution < 1.29 is 10.0 Å². The van der Waals surface area contributed by atoms with Crippen molar-refractivity contribution in [1.82, 2.24) is 10.3 Å². The van der Waals surface area contributed by atoms with Gasteiger partial charge in [-0.2, -0.15) is 0 Å². The zero-order chi connectivity index (χ0) is 15.4. The van der Waals surface area contributed by atoms with Crippen LogP contribution in [0.1, 0.15) is 31.5 Å². The summed E-state index contributed by atoms with van der Waals surface area (Å²) in [5.74, 6) is -0.0695. The molecule has 0 fully saturated rings. The Kier molecular flexibility index (Phi) is 4.54. The van der Waals surface area contributed by atoms with Crippen LogP contribution in [-0.4, -0.2) is 21.9 Å². The van der Waals surface area contributed by atoms with Crippen LogP contribution in [0.3, 0.4) is 0 Å². The van der Waals surface area contributed by atoms with Gasteiger partial charge in [0.1, 0.15) is 4.88 Å². The molecule has 21 heavy (non-hydrogen) atoms. The lowest BCUT2D eigenvalue weighted by Gasteiger charge is -2.05. The molecule has 2 aromatic rings. The maximum absolute atomic E-state index is 12.1. The molecule has 1 aromatic heterocycles. The number of nitrogens with two attached hydrogens (primary N) is 1. The fourth-order valence-corrected chi connectivity index (χ4v) is 2.69. The molecule has 0 atom stereocenters. The minimum atomic E-state index is -0.126. The maximum Gasteiger partial charge on any atom is 0.263 e. The molecule has 0 aliphatic carbocycles. The van der Waals surface area contributed by atoms with Gasteiger partial charge >= 0.3 is 0 Å². The molecule has 0 saturated heterocycles. The van der Waals surface area contributed by atoms with Crippen molar-refractivity contribution in [3.8, 4) is 0 Å². The van der Waals surface area contributed by atoms with Crippen LogP contribution in [0, 0.1) is 13.8 Å². The van der Waals surface area contributed by atoms with Gasteiger partial charge in [0.15, 0.2) is 5.84 Å². The first-order chi connectivity index (χ1) is 10.0. The molecule has 1 aromatic carbocycles. The molecule has 1 heterocycles. The van der Waals surface area contributed by atoms with Crippen molar-refractivity contribution in [1.29, 1.82) is 0 Å². The van der Waals surface area contributed by atoms with Gasteiger partial charge in [-0.3, -0.25) is 4.79 Å². The van der Waals surface area contributed by atoms with Crippen molar-refractivity contribution in [2.24, 2.45) is 10.9 Å². The standard InChI is InChI=1S/C14H16N4O2S/c1-8-12(21-9(2)17-8)14(19)16-7-10-3-5-11(6-4-10)13(15)18-20/h3-6,20H,7H2,1-2H3,(H2,15,18)(H,16,19). The molecule has 110 valence electrons. The van der Waals surface area contributed by atoms with Crippen LogP contribution in [0.5, 0.6) is 0 Å². The predicted octanol–water partition coefficient (Wildman–Crippen LogP) is 1.78. The van der Waals surface area contributed by atoms with E-state index in [0.29, 0.717) is 17.0 Å². The van der Waals surface area contributed by atoms with Gasteiger partial charge in [-0.1, -0.05) is 29.4 Å². The third-order valence-corrected chi connectivity index (χ3v) is 3.99. The number of carbonyl (C=O) groups is 1. The highest BCUT2D eigenvalue weighted by molar-refractivity contribution is 7.13. The first kappa shape index (κ1) is 15.0. The third-order valence-electron chi connectivity index (χ3n) is 2.92. The second-order valence-corrected chi connectivity index (χ2v) is 5.72. The van der Waals surface area contributed by atoms with E-state index in [9.17, 15) is 4.79 Å². The number of oxime groups is 1. The lowest BCUT2D eigenvalue weighted by molar-refractivity contribution is 0.0954. The van der Waals surface area contributed by atoms with Crippen molar-refractivity contribution in [3.05, 3.63) is 51.0 Å². The lowest BCUT2D eigenvalue weighted by atomic mass is 10.1. The van der Waals surface area contributed by atoms with E-state index in [2.05, 4.69) is 15.5 Å². The number of thiazole rings is 1. The van der Waals surface area contributed by atoms with Crippen molar-refractivity contribution >= 4 is 23.1 Å². The summed E-state index contributed by atoms with van der Waals surface area (Å²) in [6, 6.07) is 7.11. The van der Waals surface area contributed by atoms with Crippen LogP contribution in [0.4, 0.5) is 0 Å². The molecule has 0 spiro atoms.